The van der Waals surface area contributed by atoms with Gasteiger partial charge in [0.1, 0.15) is 5.82 Å². The average Bonchev–Trinajstić information content (AvgIpc) is 3.23. The lowest BCUT2D eigenvalue weighted by Gasteiger charge is -2.36. The molecule has 0 N–H and O–H groups in total. The molecule has 5 rings (SSSR count). The van der Waals surface area contributed by atoms with Crippen LogP contribution in [0.15, 0.2) is 30.5 Å². The predicted molar refractivity (Wildman–Crippen MR) is 112 cm³/mol. The molecule has 3 aliphatic heterocycles. The third-order valence-corrected chi connectivity index (χ3v) is 5.95. The molecule has 29 heavy (non-hydrogen) atoms. The highest BCUT2D eigenvalue weighted by atomic mass is 16.7. The third kappa shape index (κ3) is 4.09. The van der Waals surface area contributed by atoms with Crippen molar-refractivity contribution < 1.29 is 9.47 Å². The molecule has 8 nitrogen and oxygen atoms in total. The minimum atomic E-state index is 0.324. The van der Waals surface area contributed by atoms with Crippen molar-refractivity contribution in [3.8, 4) is 11.5 Å². The molecular weight excluding hydrogens is 368 g/mol. The van der Waals surface area contributed by atoms with E-state index in [4.69, 9.17) is 14.5 Å². The number of hydrogen-bond donors (Lipinski definition) is 0. The molecule has 8 heteroatoms. The zero-order valence-electron chi connectivity index (χ0n) is 17.0. The first-order valence-corrected chi connectivity index (χ1v) is 10.4. The molecule has 1 aromatic carbocycles. The second kappa shape index (κ2) is 8.04. The fourth-order valence-corrected chi connectivity index (χ4v) is 4.11. The van der Waals surface area contributed by atoms with E-state index in [2.05, 4.69) is 43.8 Å². The number of piperazine rings is 2. The molecule has 4 heterocycles. The molecule has 0 unspecified atom stereocenters. The Bertz CT molecular complexity index is 847. The van der Waals surface area contributed by atoms with Crippen LogP contribution in [0.2, 0.25) is 0 Å². The summed E-state index contributed by atoms with van der Waals surface area (Å²) >= 11 is 0. The summed E-state index contributed by atoms with van der Waals surface area (Å²) in [6, 6.07) is 8.26. The summed E-state index contributed by atoms with van der Waals surface area (Å²) in [6.45, 7) is 9.33. The standard InChI is InChI=1S/C21H28N6O2/c1-24-6-10-26(11-7-24)20-4-5-22-21(23-20)27-12-8-25(9-13-27)15-17-2-3-18-19(14-17)29-16-28-18/h2-5,14H,6-13,15-16H2,1H3. The summed E-state index contributed by atoms with van der Waals surface area (Å²) < 4.78 is 10.9. The Morgan fingerprint density at radius 3 is 2.45 bits per heavy atom. The lowest BCUT2D eigenvalue weighted by Crippen LogP contribution is -2.47. The van der Waals surface area contributed by atoms with Crippen LogP contribution in [-0.4, -0.2) is 86.0 Å². The van der Waals surface area contributed by atoms with Crippen LogP contribution in [0.4, 0.5) is 11.8 Å². The number of fused-ring (bicyclic) bond motifs is 1. The van der Waals surface area contributed by atoms with Crippen LogP contribution >= 0.6 is 0 Å². The Kier molecular flexibility index (Phi) is 5.12. The molecule has 0 spiro atoms. The predicted octanol–water partition coefficient (Wildman–Crippen LogP) is 1.28. The topological polar surface area (TPSA) is 57.2 Å². The Hall–Kier alpha value is -2.58. The summed E-state index contributed by atoms with van der Waals surface area (Å²) in [5.74, 6) is 3.60. The first-order valence-electron chi connectivity index (χ1n) is 10.4. The Morgan fingerprint density at radius 2 is 1.62 bits per heavy atom. The van der Waals surface area contributed by atoms with Gasteiger partial charge in [0, 0.05) is 65.1 Å². The fraction of sp³-hybridized carbons (Fsp3) is 0.524. The van der Waals surface area contributed by atoms with Crippen molar-refractivity contribution in [2.24, 2.45) is 0 Å². The molecule has 0 radical (unpaired) electrons. The molecule has 0 aliphatic carbocycles. The van der Waals surface area contributed by atoms with Gasteiger partial charge in [0.15, 0.2) is 11.5 Å². The second-order valence-electron chi connectivity index (χ2n) is 7.96. The van der Waals surface area contributed by atoms with Gasteiger partial charge in [0.05, 0.1) is 0 Å². The smallest absolute Gasteiger partial charge is 0.231 e. The number of rotatable bonds is 4. The molecule has 0 bridgehead atoms. The van der Waals surface area contributed by atoms with E-state index in [1.807, 2.05) is 18.3 Å². The van der Waals surface area contributed by atoms with Gasteiger partial charge in [-0.2, -0.15) is 4.98 Å². The summed E-state index contributed by atoms with van der Waals surface area (Å²) in [5, 5.41) is 0. The summed E-state index contributed by atoms with van der Waals surface area (Å²) in [6.07, 6.45) is 1.90. The van der Waals surface area contributed by atoms with Crippen LogP contribution in [0.25, 0.3) is 0 Å². The van der Waals surface area contributed by atoms with Crippen molar-refractivity contribution in [1.29, 1.82) is 0 Å². The Balaban J connectivity index is 1.18. The van der Waals surface area contributed by atoms with Crippen LogP contribution in [0, 0.1) is 0 Å². The summed E-state index contributed by atoms with van der Waals surface area (Å²) in [5.41, 5.74) is 1.26. The zero-order chi connectivity index (χ0) is 19.6. The highest BCUT2D eigenvalue weighted by Crippen LogP contribution is 2.33. The molecule has 0 saturated carbocycles. The van der Waals surface area contributed by atoms with Gasteiger partial charge in [0.25, 0.3) is 0 Å². The van der Waals surface area contributed by atoms with Gasteiger partial charge in [-0.1, -0.05) is 6.07 Å². The number of hydrogen-bond acceptors (Lipinski definition) is 8. The van der Waals surface area contributed by atoms with Crippen molar-refractivity contribution in [1.82, 2.24) is 19.8 Å². The van der Waals surface area contributed by atoms with Crippen molar-refractivity contribution in [2.75, 3.05) is 76.0 Å². The minimum Gasteiger partial charge on any atom is -0.454 e. The van der Waals surface area contributed by atoms with Gasteiger partial charge in [-0.25, -0.2) is 4.98 Å². The quantitative estimate of drug-likeness (QED) is 0.766. The van der Waals surface area contributed by atoms with Gasteiger partial charge in [0.2, 0.25) is 12.7 Å². The highest BCUT2D eigenvalue weighted by Gasteiger charge is 2.22. The number of likely N-dealkylation sites (N-methyl/N-ethyl adjacent to an activating group) is 1. The van der Waals surface area contributed by atoms with Crippen molar-refractivity contribution in [2.45, 2.75) is 6.54 Å². The van der Waals surface area contributed by atoms with E-state index in [1.54, 1.807) is 0 Å². The number of benzene rings is 1. The van der Waals surface area contributed by atoms with E-state index in [9.17, 15) is 0 Å². The molecule has 2 saturated heterocycles. The maximum absolute atomic E-state index is 5.50. The van der Waals surface area contributed by atoms with Gasteiger partial charge in [-0.15, -0.1) is 0 Å². The fourth-order valence-electron chi connectivity index (χ4n) is 4.11. The molecule has 2 fully saturated rings. The van der Waals surface area contributed by atoms with Gasteiger partial charge >= 0.3 is 0 Å². The van der Waals surface area contributed by atoms with Gasteiger partial charge < -0.3 is 24.2 Å². The maximum Gasteiger partial charge on any atom is 0.231 e. The first kappa shape index (κ1) is 18.4. The monoisotopic (exact) mass is 396 g/mol. The second-order valence-corrected chi connectivity index (χ2v) is 7.96. The Morgan fingerprint density at radius 1 is 0.862 bits per heavy atom. The summed E-state index contributed by atoms with van der Waals surface area (Å²) in [7, 11) is 2.17. The molecular formula is C21H28N6O2. The van der Waals surface area contributed by atoms with Crippen molar-refractivity contribution in [3.63, 3.8) is 0 Å². The molecule has 154 valence electrons. The molecule has 2 aromatic rings. The number of ether oxygens (including phenoxy) is 2. The van der Waals surface area contributed by atoms with E-state index < -0.39 is 0 Å². The lowest BCUT2D eigenvalue weighted by molar-refractivity contribution is 0.174. The summed E-state index contributed by atoms with van der Waals surface area (Å²) in [4.78, 5) is 18.9. The Labute approximate surface area is 171 Å². The van der Waals surface area contributed by atoms with Gasteiger partial charge in [-0.3, -0.25) is 4.90 Å². The van der Waals surface area contributed by atoms with E-state index in [1.165, 1.54) is 5.56 Å². The van der Waals surface area contributed by atoms with Crippen LogP contribution in [0.1, 0.15) is 5.56 Å². The highest BCUT2D eigenvalue weighted by molar-refractivity contribution is 5.45. The normalized spacial score (nSPS) is 20.3. The third-order valence-electron chi connectivity index (χ3n) is 5.95. The van der Waals surface area contributed by atoms with Crippen LogP contribution in [0.5, 0.6) is 11.5 Å². The molecule has 1 aromatic heterocycles. The zero-order valence-corrected chi connectivity index (χ0v) is 17.0. The lowest BCUT2D eigenvalue weighted by atomic mass is 10.1. The van der Waals surface area contributed by atoms with E-state index in [0.29, 0.717) is 6.79 Å². The largest absolute Gasteiger partial charge is 0.454 e. The van der Waals surface area contributed by atoms with Crippen LogP contribution in [0.3, 0.4) is 0 Å². The van der Waals surface area contributed by atoms with Crippen molar-refractivity contribution >= 4 is 11.8 Å². The average molecular weight is 396 g/mol. The van der Waals surface area contributed by atoms with E-state index >= 15 is 0 Å². The van der Waals surface area contributed by atoms with E-state index in [-0.39, 0.29) is 0 Å². The SMILES string of the molecule is CN1CCN(c2ccnc(N3CCN(Cc4ccc5c(c4)OCO5)CC3)n2)CC1. The van der Waals surface area contributed by atoms with Gasteiger partial charge in [-0.05, 0) is 30.8 Å². The maximum atomic E-state index is 5.50. The molecule has 3 aliphatic rings. The van der Waals surface area contributed by atoms with E-state index in [0.717, 1.165) is 82.2 Å². The number of anilines is 2. The molecule has 0 atom stereocenters. The number of aromatic nitrogens is 2. The van der Waals surface area contributed by atoms with Crippen LogP contribution in [-0.2, 0) is 6.54 Å². The van der Waals surface area contributed by atoms with Crippen LogP contribution < -0.4 is 19.3 Å². The van der Waals surface area contributed by atoms with Crippen molar-refractivity contribution in [3.05, 3.63) is 36.0 Å². The number of nitrogens with zero attached hydrogens (tertiary/aromatic N) is 6. The molecule has 0 amide bonds. The minimum absolute atomic E-state index is 0.324. The first-order chi connectivity index (χ1) is 14.2.